The van der Waals surface area contributed by atoms with Crippen molar-refractivity contribution in [3.05, 3.63) is 23.3 Å². The summed E-state index contributed by atoms with van der Waals surface area (Å²) < 4.78 is 0. The SMILES string of the molecule is O=C(O)C1CCCC2C1=CC=C1CCCCC12. The molecule has 0 saturated heterocycles. The van der Waals surface area contributed by atoms with Gasteiger partial charge in [0.25, 0.3) is 0 Å². The fourth-order valence-corrected chi connectivity index (χ4v) is 4.01. The van der Waals surface area contributed by atoms with E-state index in [1.807, 2.05) is 0 Å². The Balaban J connectivity index is 1.93. The van der Waals surface area contributed by atoms with E-state index in [-0.39, 0.29) is 5.92 Å². The maximum absolute atomic E-state index is 11.3. The Bertz CT molecular complexity index is 392. The smallest absolute Gasteiger partial charge is 0.310 e. The Hall–Kier alpha value is -1.05. The zero-order valence-corrected chi connectivity index (χ0v) is 10.2. The molecule has 2 fully saturated rings. The lowest BCUT2D eigenvalue weighted by molar-refractivity contribution is -0.141. The van der Waals surface area contributed by atoms with Crippen LogP contribution in [0.2, 0.25) is 0 Å². The van der Waals surface area contributed by atoms with E-state index < -0.39 is 5.97 Å². The van der Waals surface area contributed by atoms with Gasteiger partial charge in [0.1, 0.15) is 0 Å². The van der Waals surface area contributed by atoms with E-state index >= 15 is 0 Å². The lowest BCUT2D eigenvalue weighted by Gasteiger charge is -2.41. The molecule has 3 rings (SSSR count). The third-order valence-electron chi connectivity index (χ3n) is 4.82. The average Bonchev–Trinajstić information content (AvgIpc) is 2.37. The number of rotatable bonds is 1. The predicted octanol–water partition coefficient (Wildman–Crippen LogP) is 3.54. The number of hydrogen-bond acceptors (Lipinski definition) is 1. The maximum Gasteiger partial charge on any atom is 0.310 e. The van der Waals surface area contributed by atoms with Gasteiger partial charge in [0.05, 0.1) is 5.92 Å². The molecule has 2 heteroatoms. The predicted molar refractivity (Wildman–Crippen MR) is 66.6 cm³/mol. The second kappa shape index (κ2) is 4.32. The Morgan fingerprint density at radius 3 is 2.71 bits per heavy atom. The fraction of sp³-hybridized carbons (Fsp3) is 0.667. The van der Waals surface area contributed by atoms with Gasteiger partial charge in [0.15, 0.2) is 0 Å². The van der Waals surface area contributed by atoms with E-state index in [1.165, 1.54) is 37.7 Å². The Kier molecular flexibility index (Phi) is 2.81. The van der Waals surface area contributed by atoms with Crippen LogP contribution in [0, 0.1) is 17.8 Å². The maximum atomic E-state index is 11.3. The van der Waals surface area contributed by atoms with Gasteiger partial charge in [0.2, 0.25) is 0 Å². The average molecular weight is 232 g/mol. The topological polar surface area (TPSA) is 37.3 Å². The number of fused-ring (bicyclic) bond motifs is 3. The molecular weight excluding hydrogens is 212 g/mol. The van der Waals surface area contributed by atoms with Gasteiger partial charge in [-0.3, -0.25) is 4.79 Å². The van der Waals surface area contributed by atoms with Gasteiger partial charge in [-0.05, 0) is 43.9 Å². The standard InChI is InChI=1S/C15H20O2/c16-15(17)14-7-3-6-12-11-5-2-1-4-10(11)8-9-13(12)14/h8-9,11-12,14H,1-7H2,(H,16,17). The monoisotopic (exact) mass is 232 g/mol. The van der Waals surface area contributed by atoms with Crippen LogP contribution in [0.25, 0.3) is 0 Å². The summed E-state index contributed by atoms with van der Waals surface area (Å²) in [6, 6.07) is 0. The number of hydrogen-bond donors (Lipinski definition) is 1. The van der Waals surface area contributed by atoms with Crippen LogP contribution >= 0.6 is 0 Å². The Morgan fingerprint density at radius 1 is 1.06 bits per heavy atom. The van der Waals surface area contributed by atoms with Crippen molar-refractivity contribution >= 4 is 5.97 Å². The van der Waals surface area contributed by atoms with Crippen molar-refractivity contribution in [1.29, 1.82) is 0 Å². The minimum absolute atomic E-state index is 0.200. The van der Waals surface area contributed by atoms with Gasteiger partial charge >= 0.3 is 5.97 Å². The van der Waals surface area contributed by atoms with Crippen molar-refractivity contribution in [2.24, 2.45) is 17.8 Å². The molecule has 3 aliphatic rings. The summed E-state index contributed by atoms with van der Waals surface area (Å²) in [4.78, 5) is 11.3. The molecular formula is C15H20O2. The van der Waals surface area contributed by atoms with Crippen molar-refractivity contribution in [3.63, 3.8) is 0 Å². The number of allylic oxidation sites excluding steroid dienone is 3. The molecule has 1 N–H and O–H groups in total. The van der Waals surface area contributed by atoms with Crippen LogP contribution in [-0.2, 0) is 4.79 Å². The number of aliphatic carboxylic acids is 1. The van der Waals surface area contributed by atoms with Crippen LogP contribution in [0.4, 0.5) is 0 Å². The second-order valence-electron chi connectivity index (χ2n) is 5.69. The van der Waals surface area contributed by atoms with E-state index in [0.717, 1.165) is 12.8 Å². The van der Waals surface area contributed by atoms with E-state index in [9.17, 15) is 9.90 Å². The molecule has 0 radical (unpaired) electrons. The minimum atomic E-state index is -0.617. The minimum Gasteiger partial charge on any atom is -0.481 e. The molecule has 3 aliphatic carbocycles. The first-order chi connectivity index (χ1) is 8.27. The van der Waals surface area contributed by atoms with Crippen LogP contribution in [0.5, 0.6) is 0 Å². The molecule has 0 heterocycles. The van der Waals surface area contributed by atoms with E-state index in [2.05, 4.69) is 12.2 Å². The summed E-state index contributed by atoms with van der Waals surface area (Å²) >= 11 is 0. The van der Waals surface area contributed by atoms with Crippen molar-refractivity contribution in [2.75, 3.05) is 0 Å². The molecule has 0 amide bonds. The van der Waals surface area contributed by atoms with E-state index in [0.29, 0.717) is 11.8 Å². The molecule has 2 nitrogen and oxygen atoms in total. The first-order valence-corrected chi connectivity index (χ1v) is 6.90. The molecule has 0 aromatic rings. The van der Waals surface area contributed by atoms with Crippen molar-refractivity contribution in [2.45, 2.75) is 44.9 Å². The van der Waals surface area contributed by atoms with Crippen molar-refractivity contribution < 1.29 is 9.90 Å². The summed E-state index contributed by atoms with van der Waals surface area (Å²) in [6.45, 7) is 0. The van der Waals surface area contributed by atoms with Crippen molar-refractivity contribution in [3.8, 4) is 0 Å². The summed E-state index contributed by atoms with van der Waals surface area (Å²) in [5.41, 5.74) is 2.82. The van der Waals surface area contributed by atoms with Crippen LogP contribution in [0.3, 0.4) is 0 Å². The Labute approximate surface area is 102 Å². The van der Waals surface area contributed by atoms with E-state index in [1.54, 1.807) is 5.57 Å². The summed E-state index contributed by atoms with van der Waals surface area (Å²) in [5.74, 6) is 0.401. The third kappa shape index (κ3) is 1.84. The lowest BCUT2D eigenvalue weighted by Crippen LogP contribution is -2.33. The molecule has 0 aromatic heterocycles. The molecule has 0 aliphatic heterocycles. The molecule has 0 spiro atoms. The molecule has 3 atom stereocenters. The fourth-order valence-electron chi connectivity index (χ4n) is 4.01. The van der Waals surface area contributed by atoms with Crippen molar-refractivity contribution in [1.82, 2.24) is 0 Å². The van der Waals surface area contributed by atoms with E-state index in [4.69, 9.17) is 0 Å². The van der Waals surface area contributed by atoms with Gasteiger partial charge in [-0.25, -0.2) is 0 Å². The van der Waals surface area contributed by atoms with Gasteiger partial charge in [-0.15, -0.1) is 0 Å². The number of carboxylic acid groups (broad SMARTS) is 1. The Morgan fingerprint density at radius 2 is 1.88 bits per heavy atom. The number of carboxylic acids is 1. The molecule has 17 heavy (non-hydrogen) atoms. The van der Waals surface area contributed by atoms with Crippen LogP contribution in [0.1, 0.15) is 44.9 Å². The second-order valence-corrected chi connectivity index (χ2v) is 5.69. The van der Waals surface area contributed by atoms with Gasteiger partial charge in [0, 0.05) is 0 Å². The quantitative estimate of drug-likeness (QED) is 0.750. The molecule has 2 saturated carbocycles. The highest BCUT2D eigenvalue weighted by Gasteiger charge is 2.39. The number of carbonyl (C=O) groups is 1. The molecule has 3 unspecified atom stereocenters. The highest BCUT2D eigenvalue weighted by atomic mass is 16.4. The van der Waals surface area contributed by atoms with Gasteiger partial charge < -0.3 is 5.11 Å². The highest BCUT2D eigenvalue weighted by molar-refractivity contribution is 5.74. The normalized spacial score (nSPS) is 36.4. The summed E-state index contributed by atoms with van der Waals surface area (Å²) in [7, 11) is 0. The highest BCUT2D eigenvalue weighted by Crippen LogP contribution is 2.48. The molecule has 0 aromatic carbocycles. The van der Waals surface area contributed by atoms with Crippen LogP contribution in [-0.4, -0.2) is 11.1 Å². The van der Waals surface area contributed by atoms with Crippen LogP contribution < -0.4 is 0 Å². The summed E-state index contributed by atoms with van der Waals surface area (Å²) in [6.07, 6.45) is 12.7. The zero-order chi connectivity index (χ0) is 11.8. The van der Waals surface area contributed by atoms with Gasteiger partial charge in [-0.2, -0.15) is 0 Å². The third-order valence-corrected chi connectivity index (χ3v) is 4.82. The zero-order valence-electron chi connectivity index (χ0n) is 10.2. The first kappa shape index (κ1) is 11.1. The summed E-state index contributed by atoms with van der Waals surface area (Å²) in [5, 5.41) is 9.31. The lowest BCUT2D eigenvalue weighted by atomic mass is 9.63. The molecule has 92 valence electrons. The van der Waals surface area contributed by atoms with Crippen LogP contribution in [0.15, 0.2) is 23.3 Å². The van der Waals surface area contributed by atoms with Gasteiger partial charge in [-0.1, -0.05) is 36.1 Å². The first-order valence-electron chi connectivity index (χ1n) is 6.90. The largest absolute Gasteiger partial charge is 0.481 e. The molecule has 0 bridgehead atoms.